The van der Waals surface area contributed by atoms with Crippen molar-refractivity contribution in [3.8, 4) is 0 Å². The molecule has 0 saturated carbocycles. The molecular formula is C13H18BClO2. The second kappa shape index (κ2) is 4.31. The van der Waals surface area contributed by atoms with Crippen LogP contribution in [-0.2, 0) is 15.2 Å². The van der Waals surface area contributed by atoms with Crippen molar-refractivity contribution in [1.82, 2.24) is 0 Å². The minimum Gasteiger partial charge on any atom is -0.399 e. The largest absolute Gasteiger partial charge is 0.494 e. The topological polar surface area (TPSA) is 18.5 Å². The molecule has 1 aromatic rings. The van der Waals surface area contributed by atoms with Crippen LogP contribution in [0.1, 0.15) is 33.3 Å². The lowest BCUT2D eigenvalue weighted by Gasteiger charge is -2.32. The first-order chi connectivity index (χ1) is 7.86. The minimum absolute atomic E-state index is 0.288. The van der Waals surface area contributed by atoms with E-state index in [0.29, 0.717) is 5.88 Å². The van der Waals surface area contributed by atoms with Crippen LogP contribution in [0.3, 0.4) is 0 Å². The van der Waals surface area contributed by atoms with Crippen LogP contribution in [0.15, 0.2) is 24.3 Å². The maximum atomic E-state index is 5.97. The summed E-state index contributed by atoms with van der Waals surface area (Å²) in [5.74, 6) is 0.531. The third-order valence-corrected chi connectivity index (χ3v) is 3.97. The van der Waals surface area contributed by atoms with Gasteiger partial charge >= 0.3 is 7.12 Å². The summed E-state index contributed by atoms with van der Waals surface area (Å²) in [5.41, 5.74) is 1.57. The Labute approximate surface area is 108 Å². The van der Waals surface area contributed by atoms with Crippen LogP contribution in [0, 0.1) is 0 Å². The Morgan fingerprint density at radius 3 is 1.88 bits per heavy atom. The average Bonchev–Trinajstić information content (AvgIpc) is 2.48. The molecule has 0 bridgehead atoms. The predicted octanol–water partition coefficient (Wildman–Crippen LogP) is 2.72. The molecule has 4 heteroatoms. The summed E-state index contributed by atoms with van der Waals surface area (Å²) in [6, 6.07) is 8.04. The van der Waals surface area contributed by atoms with Gasteiger partial charge in [0.1, 0.15) is 0 Å². The molecule has 1 fully saturated rings. The fraction of sp³-hybridized carbons (Fsp3) is 0.538. The number of benzene rings is 1. The van der Waals surface area contributed by atoms with Crippen LogP contribution in [0.5, 0.6) is 0 Å². The van der Waals surface area contributed by atoms with E-state index in [9.17, 15) is 0 Å². The first kappa shape index (κ1) is 12.9. The van der Waals surface area contributed by atoms with Gasteiger partial charge in [0.25, 0.3) is 0 Å². The lowest BCUT2D eigenvalue weighted by Crippen LogP contribution is -2.41. The van der Waals surface area contributed by atoms with E-state index >= 15 is 0 Å². The summed E-state index contributed by atoms with van der Waals surface area (Å²) in [5, 5.41) is 0. The predicted molar refractivity (Wildman–Crippen MR) is 71.7 cm³/mol. The fourth-order valence-electron chi connectivity index (χ4n) is 1.74. The minimum atomic E-state index is -0.289. The zero-order valence-electron chi connectivity index (χ0n) is 10.8. The van der Waals surface area contributed by atoms with Crippen LogP contribution in [0.4, 0.5) is 0 Å². The van der Waals surface area contributed by atoms with Crippen molar-refractivity contribution in [3.63, 3.8) is 0 Å². The smallest absolute Gasteiger partial charge is 0.399 e. The van der Waals surface area contributed by atoms with Crippen LogP contribution in [0.2, 0.25) is 0 Å². The molecule has 0 radical (unpaired) electrons. The first-order valence-electron chi connectivity index (χ1n) is 5.86. The highest BCUT2D eigenvalue weighted by atomic mass is 35.5. The van der Waals surface area contributed by atoms with Gasteiger partial charge < -0.3 is 9.31 Å². The Morgan fingerprint density at radius 2 is 1.47 bits per heavy atom. The van der Waals surface area contributed by atoms with Gasteiger partial charge in [0.15, 0.2) is 0 Å². The lowest BCUT2D eigenvalue weighted by atomic mass is 9.79. The Kier molecular flexibility index (Phi) is 3.28. The highest BCUT2D eigenvalue weighted by Gasteiger charge is 2.51. The van der Waals surface area contributed by atoms with E-state index in [4.69, 9.17) is 20.9 Å². The molecule has 0 aromatic heterocycles. The van der Waals surface area contributed by atoms with Crippen molar-refractivity contribution in [2.75, 3.05) is 0 Å². The van der Waals surface area contributed by atoms with Gasteiger partial charge in [-0.15, -0.1) is 11.6 Å². The molecule has 0 atom stereocenters. The summed E-state index contributed by atoms with van der Waals surface area (Å²) in [6.07, 6.45) is 0. The summed E-state index contributed by atoms with van der Waals surface area (Å²) < 4.78 is 11.9. The Hall–Kier alpha value is -0.505. The van der Waals surface area contributed by atoms with Gasteiger partial charge in [-0.25, -0.2) is 0 Å². The lowest BCUT2D eigenvalue weighted by molar-refractivity contribution is 0.00578. The Balaban J connectivity index is 2.20. The van der Waals surface area contributed by atoms with Crippen molar-refractivity contribution in [1.29, 1.82) is 0 Å². The summed E-state index contributed by atoms with van der Waals surface area (Å²) in [6.45, 7) is 8.22. The molecular weight excluding hydrogens is 234 g/mol. The summed E-state index contributed by atoms with van der Waals surface area (Å²) >= 11 is 5.77. The van der Waals surface area contributed by atoms with Crippen molar-refractivity contribution >= 4 is 24.2 Å². The number of hydrogen-bond donors (Lipinski definition) is 0. The molecule has 0 unspecified atom stereocenters. The molecule has 2 nitrogen and oxygen atoms in total. The van der Waals surface area contributed by atoms with Crippen LogP contribution >= 0.6 is 11.6 Å². The van der Waals surface area contributed by atoms with E-state index in [1.807, 2.05) is 24.3 Å². The SMILES string of the molecule is CC1(C)OB(c2ccc(CCl)cc2)OC1(C)C. The van der Waals surface area contributed by atoms with Gasteiger partial charge in [-0.1, -0.05) is 24.3 Å². The quantitative estimate of drug-likeness (QED) is 0.595. The number of alkyl halides is 1. The third-order valence-electron chi connectivity index (χ3n) is 3.66. The molecule has 1 aromatic carbocycles. The van der Waals surface area contributed by atoms with E-state index in [0.717, 1.165) is 11.0 Å². The summed E-state index contributed by atoms with van der Waals surface area (Å²) in [7, 11) is -0.288. The average molecular weight is 253 g/mol. The molecule has 0 aliphatic carbocycles. The Bertz CT molecular complexity index is 384. The molecule has 0 spiro atoms. The maximum absolute atomic E-state index is 5.97. The van der Waals surface area contributed by atoms with Gasteiger partial charge in [-0.05, 0) is 38.7 Å². The van der Waals surface area contributed by atoms with E-state index in [1.54, 1.807) is 0 Å². The van der Waals surface area contributed by atoms with Gasteiger partial charge in [0.05, 0.1) is 11.2 Å². The monoisotopic (exact) mass is 252 g/mol. The van der Waals surface area contributed by atoms with Crippen molar-refractivity contribution < 1.29 is 9.31 Å². The normalized spacial score (nSPS) is 21.8. The summed E-state index contributed by atoms with van der Waals surface area (Å²) in [4.78, 5) is 0. The number of rotatable bonds is 2. The van der Waals surface area contributed by atoms with Gasteiger partial charge in [-0.3, -0.25) is 0 Å². The highest BCUT2D eigenvalue weighted by molar-refractivity contribution is 6.62. The van der Waals surface area contributed by atoms with Crippen molar-refractivity contribution in [2.24, 2.45) is 0 Å². The van der Waals surface area contributed by atoms with Crippen molar-refractivity contribution in [3.05, 3.63) is 29.8 Å². The first-order valence-corrected chi connectivity index (χ1v) is 6.40. The molecule has 0 amide bonds. The number of halogens is 1. The van der Waals surface area contributed by atoms with Crippen molar-refractivity contribution in [2.45, 2.75) is 44.8 Å². The van der Waals surface area contributed by atoms with Gasteiger partial charge in [0.2, 0.25) is 0 Å². The fourth-order valence-corrected chi connectivity index (χ4v) is 1.92. The molecule has 1 aliphatic heterocycles. The second-order valence-corrected chi connectivity index (χ2v) is 5.73. The maximum Gasteiger partial charge on any atom is 0.494 e. The molecule has 92 valence electrons. The number of hydrogen-bond acceptors (Lipinski definition) is 2. The zero-order valence-corrected chi connectivity index (χ0v) is 11.5. The van der Waals surface area contributed by atoms with Gasteiger partial charge in [0, 0.05) is 5.88 Å². The molecule has 1 aliphatic rings. The third kappa shape index (κ3) is 2.37. The molecule has 1 saturated heterocycles. The highest BCUT2D eigenvalue weighted by Crippen LogP contribution is 2.36. The van der Waals surface area contributed by atoms with E-state index in [1.165, 1.54) is 0 Å². The molecule has 1 heterocycles. The molecule has 17 heavy (non-hydrogen) atoms. The van der Waals surface area contributed by atoms with Crippen LogP contribution < -0.4 is 5.46 Å². The van der Waals surface area contributed by atoms with E-state index in [-0.39, 0.29) is 18.3 Å². The Morgan fingerprint density at radius 1 is 1.00 bits per heavy atom. The standard InChI is InChI=1S/C13H18BClO2/c1-12(2)13(3,4)17-14(16-12)11-7-5-10(9-15)6-8-11/h5-8H,9H2,1-4H3. The zero-order chi connectivity index (χ0) is 12.7. The van der Waals surface area contributed by atoms with Crippen LogP contribution in [-0.4, -0.2) is 18.3 Å². The van der Waals surface area contributed by atoms with E-state index in [2.05, 4.69) is 27.7 Å². The molecule has 0 N–H and O–H groups in total. The van der Waals surface area contributed by atoms with E-state index < -0.39 is 0 Å². The van der Waals surface area contributed by atoms with Crippen LogP contribution in [0.25, 0.3) is 0 Å². The molecule has 2 rings (SSSR count). The second-order valence-electron chi connectivity index (χ2n) is 5.46. The van der Waals surface area contributed by atoms with Gasteiger partial charge in [-0.2, -0.15) is 0 Å².